The highest BCUT2D eigenvalue weighted by molar-refractivity contribution is 5.75. The summed E-state index contributed by atoms with van der Waals surface area (Å²) in [6.07, 6.45) is 2.49. The predicted octanol–water partition coefficient (Wildman–Crippen LogP) is 1.83. The molecule has 1 aromatic carbocycles. The summed E-state index contributed by atoms with van der Waals surface area (Å²) in [6.45, 7) is 5.16. The van der Waals surface area contributed by atoms with Gasteiger partial charge in [-0.25, -0.2) is 9.97 Å². The average molecular weight is 342 g/mol. The standard InChI is InChI=1S/C18H26N6O/c1-25-13-5-8-20-17-16(19)18(22-14-21-17)24-11-9-23(10-12-24)15-6-3-2-4-7-15/h2-4,6-7,14H,5,8-13,19H2,1H3,(H,20,21,22). The molecule has 7 heteroatoms. The number of nitrogen functional groups attached to an aromatic ring is 1. The Bertz CT molecular complexity index is 658. The minimum Gasteiger partial charge on any atom is -0.393 e. The Kier molecular flexibility index (Phi) is 5.90. The van der Waals surface area contributed by atoms with E-state index in [0.717, 1.165) is 45.0 Å². The molecule has 25 heavy (non-hydrogen) atoms. The van der Waals surface area contributed by atoms with Gasteiger partial charge in [0.15, 0.2) is 11.6 Å². The molecule has 1 fully saturated rings. The fourth-order valence-corrected chi connectivity index (χ4v) is 3.02. The molecule has 0 aliphatic carbocycles. The number of nitrogens with two attached hydrogens (primary N) is 1. The molecule has 1 saturated heterocycles. The van der Waals surface area contributed by atoms with Crippen molar-refractivity contribution in [3.05, 3.63) is 36.7 Å². The van der Waals surface area contributed by atoms with Crippen molar-refractivity contribution in [3.8, 4) is 0 Å². The lowest BCUT2D eigenvalue weighted by Crippen LogP contribution is -2.47. The molecular formula is C18H26N6O. The van der Waals surface area contributed by atoms with Crippen LogP contribution in [0.25, 0.3) is 0 Å². The molecule has 0 bridgehead atoms. The zero-order chi connectivity index (χ0) is 17.5. The Morgan fingerprint density at radius 1 is 1.08 bits per heavy atom. The van der Waals surface area contributed by atoms with Crippen molar-refractivity contribution < 1.29 is 4.74 Å². The van der Waals surface area contributed by atoms with Gasteiger partial charge in [-0.2, -0.15) is 0 Å². The minimum absolute atomic E-state index is 0.619. The van der Waals surface area contributed by atoms with E-state index in [2.05, 4.69) is 49.4 Å². The maximum absolute atomic E-state index is 6.30. The van der Waals surface area contributed by atoms with Crippen LogP contribution in [-0.2, 0) is 4.74 Å². The van der Waals surface area contributed by atoms with Crippen LogP contribution in [0.5, 0.6) is 0 Å². The lowest BCUT2D eigenvalue weighted by molar-refractivity contribution is 0.198. The molecule has 0 unspecified atom stereocenters. The van der Waals surface area contributed by atoms with Crippen molar-refractivity contribution in [1.29, 1.82) is 0 Å². The monoisotopic (exact) mass is 342 g/mol. The number of ether oxygens (including phenoxy) is 1. The molecule has 0 radical (unpaired) electrons. The van der Waals surface area contributed by atoms with Crippen molar-refractivity contribution in [2.24, 2.45) is 0 Å². The van der Waals surface area contributed by atoms with Crippen molar-refractivity contribution in [3.63, 3.8) is 0 Å². The van der Waals surface area contributed by atoms with Crippen LogP contribution in [0, 0.1) is 0 Å². The third kappa shape index (κ3) is 4.30. The number of piperazine rings is 1. The number of rotatable bonds is 7. The van der Waals surface area contributed by atoms with Gasteiger partial charge < -0.3 is 25.6 Å². The van der Waals surface area contributed by atoms with Crippen molar-refractivity contribution in [2.45, 2.75) is 6.42 Å². The van der Waals surface area contributed by atoms with Gasteiger partial charge in [0.1, 0.15) is 12.0 Å². The summed E-state index contributed by atoms with van der Waals surface area (Å²) in [7, 11) is 1.70. The smallest absolute Gasteiger partial charge is 0.157 e. The average Bonchev–Trinajstić information content (AvgIpc) is 2.67. The summed E-state index contributed by atoms with van der Waals surface area (Å²) in [4.78, 5) is 13.3. The van der Waals surface area contributed by atoms with E-state index in [-0.39, 0.29) is 0 Å². The number of nitrogens with zero attached hydrogens (tertiary/aromatic N) is 4. The second-order valence-corrected chi connectivity index (χ2v) is 6.04. The predicted molar refractivity (Wildman–Crippen MR) is 102 cm³/mol. The van der Waals surface area contributed by atoms with Gasteiger partial charge in [0.25, 0.3) is 0 Å². The number of methoxy groups -OCH3 is 1. The number of aromatic nitrogens is 2. The Morgan fingerprint density at radius 3 is 2.52 bits per heavy atom. The summed E-state index contributed by atoms with van der Waals surface area (Å²) in [5.41, 5.74) is 8.18. The van der Waals surface area contributed by atoms with Gasteiger partial charge in [0.2, 0.25) is 0 Å². The maximum atomic E-state index is 6.30. The lowest BCUT2D eigenvalue weighted by Gasteiger charge is -2.37. The van der Waals surface area contributed by atoms with Gasteiger partial charge in [0.05, 0.1) is 0 Å². The molecule has 7 nitrogen and oxygen atoms in total. The van der Waals surface area contributed by atoms with Crippen LogP contribution >= 0.6 is 0 Å². The molecule has 0 saturated carbocycles. The van der Waals surface area contributed by atoms with E-state index in [9.17, 15) is 0 Å². The van der Waals surface area contributed by atoms with Gasteiger partial charge in [-0.1, -0.05) is 18.2 Å². The number of benzene rings is 1. The molecule has 1 aromatic heterocycles. The number of anilines is 4. The minimum atomic E-state index is 0.619. The molecule has 0 atom stereocenters. The van der Waals surface area contributed by atoms with Gasteiger partial charge in [-0.15, -0.1) is 0 Å². The molecule has 1 aliphatic rings. The number of nitrogens with one attached hydrogen (secondary N) is 1. The Morgan fingerprint density at radius 2 is 1.80 bits per heavy atom. The SMILES string of the molecule is COCCCNc1ncnc(N2CCN(c3ccccc3)CC2)c1N. The van der Waals surface area contributed by atoms with E-state index in [1.807, 2.05) is 6.07 Å². The van der Waals surface area contributed by atoms with Crippen LogP contribution < -0.4 is 20.9 Å². The molecule has 3 rings (SSSR count). The zero-order valence-electron chi connectivity index (χ0n) is 14.7. The number of para-hydroxylation sites is 1. The maximum Gasteiger partial charge on any atom is 0.157 e. The number of hydrogen-bond donors (Lipinski definition) is 2. The van der Waals surface area contributed by atoms with Gasteiger partial charge >= 0.3 is 0 Å². The molecule has 134 valence electrons. The third-order valence-electron chi connectivity index (χ3n) is 4.38. The van der Waals surface area contributed by atoms with Crippen molar-refractivity contribution in [1.82, 2.24) is 9.97 Å². The van der Waals surface area contributed by atoms with Crippen molar-refractivity contribution in [2.75, 3.05) is 67.3 Å². The molecule has 3 N–H and O–H groups in total. The zero-order valence-corrected chi connectivity index (χ0v) is 14.7. The molecule has 2 heterocycles. The first kappa shape index (κ1) is 17.3. The summed E-state index contributed by atoms with van der Waals surface area (Å²) in [6, 6.07) is 10.5. The van der Waals surface area contributed by atoms with Gasteiger partial charge in [0, 0.05) is 52.1 Å². The Balaban J connectivity index is 1.61. The van der Waals surface area contributed by atoms with Gasteiger partial charge in [-0.05, 0) is 18.6 Å². The van der Waals surface area contributed by atoms with Gasteiger partial charge in [-0.3, -0.25) is 0 Å². The highest BCUT2D eigenvalue weighted by Crippen LogP contribution is 2.27. The van der Waals surface area contributed by atoms with E-state index in [1.54, 1.807) is 13.4 Å². The summed E-state index contributed by atoms with van der Waals surface area (Å²) in [5.74, 6) is 1.52. The van der Waals surface area contributed by atoms with Crippen LogP contribution in [0.3, 0.4) is 0 Å². The molecule has 0 amide bonds. The third-order valence-corrected chi connectivity index (χ3v) is 4.38. The molecular weight excluding hydrogens is 316 g/mol. The first-order valence-corrected chi connectivity index (χ1v) is 8.68. The van der Waals surface area contributed by atoms with Crippen LogP contribution in [0.2, 0.25) is 0 Å². The van der Waals surface area contributed by atoms with E-state index >= 15 is 0 Å². The lowest BCUT2D eigenvalue weighted by atomic mass is 10.2. The fraction of sp³-hybridized carbons (Fsp3) is 0.444. The summed E-state index contributed by atoms with van der Waals surface area (Å²) < 4.78 is 5.06. The second kappa shape index (κ2) is 8.53. The molecule has 2 aromatic rings. The molecule has 1 aliphatic heterocycles. The van der Waals surface area contributed by atoms with Crippen LogP contribution in [0.4, 0.5) is 23.0 Å². The van der Waals surface area contributed by atoms with Crippen LogP contribution in [0.15, 0.2) is 36.7 Å². The molecule has 0 spiro atoms. The van der Waals surface area contributed by atoms with Crippen LogP contribution in [0.1, 0.15) is 6.42 Å². The number of hydrogen-bond acceptors (Lipinski definition) is 7. The highest BCUT2D eigenvalue weighted by atomic mass is 16.5. The Labute approximate surface area is 148 Å². The summed E-state index contributed by atoms with van der Waals surface area (Å²) >= 11 is 0. The van der Waals surface area contributed by atoms with E-state index < -0.39 is 0 Å². The fourth-order valence-electron chi connectivity index (χ4n) is 3.02. The van der Waals surface area contributed by atoms with Crippen molar-refractivity contribution >= 4 is 23.0 Å². The normalized spacial score (nSPS) is 14.6. The summed E-state index contributed by atoms with van der Waals surface area (Å²) in [5, 5.41) is 3.27. The first-order chi connectivity index (χ1) is 12.3. The van der Waals surface area contributed by atoms with E-state index in [4.69, 9.17) is 10.5 Å². The van der Waals surface area contributed by atoms with Crippen LogP contribution in [-0.4, -0.2) is 56.4 Å². The Hall–Kier alpha value is -2.54. The second-order valence-electron chi connectivity index (χ2n) is 6.04. The first-order valence-electron chi connectivity index (χ1n) is 8.68. The van der Waals surface area contributed by atoms with E-state index in [0.29, 0.717) is 18.1 Å². The largest absolute Gasteiger partial charge is 0.393 e. The highest BCUT2D eigenvalue weighted by Gasteiger charge is 2.21. The quantitative estimate of drug-likeness (QED) is 0.743. The van der Waals surface area contributed by atoms with E-state index in [1.165, 1.54) is 5.69 Å². The topological polar surface area (TPSA) is 79.5 Å².